The van der Waals surface area contributed by atoms with E-state index in [2.05, 4.69) is 29.4 Å². The average Bonchev–Trinajstić information content (AvgIpc) is 3.25. The lowest BCUT2D eigenvalue weighted by Crippen LogP contribution is -2.31. The summed E-state index contributed by atoms with van der Waals surface area (Å²) in [6, 6.07) is 7.50. The Morgan fingerprint density at radius 2 is 2.03 bits per heavy atom. The van der Waals surface area contributed by atoms with Crippen molar-refractivity contribution in [2.75, 3.05) is 18.5 Å². The van der Waals surface area contributed by atoms with Crippen molar-refractivity contribution in [2.24, 2.45) is 5.92 Å². The SMILES string of the molecule is CCOc1ccc(C=C2SC(=S)N(CCC(=O)Nc3nnc(CC(C)C)s3)C2=O)cc1. The lowest BCUT2D eigenvalue weighted by atomic mass is 10.1. The van der Waals surface area contributed by atoms with Crippen LogP contribution in [0.5, 0.6) is 5.75 Å². The number of amides is 2. The third-order valence-electron chi connectivity index (χ3n) is 4.22. The van der Waals surface area contributed by atoms with Gasteiger partial charge in [0.25, 0.3) is 5.91 Å². The van der Waals surface area contributed by atoms with Crippen molar-refractivity contribution in [3.8, 4) is 5.75 Å². The second-order valence-electron chi connectivity index (χ2n) is 7.23. The lowest BCUT2D eigenvalue weighted by molar-refractivity contribution is -0.122. The van der Waals surface area contributed by atoms with Crippen LogP contribution in [0.2, 0.25) is 0 Å². The van der Waals surface area contributed by atoms with Crippen molar-refractivity contribution >= 4 is 62.7 Å². The smallest absolute Gasteiger partial charge is 0.266 e. The molecule has 0 unspecified atom stereocenters. The highest BCUT2D eigenvalue weighted by atomic mass is 32.2. The van der Waals surface area contributed by atoms with Crippen molar-refractivity contribution < 1.29 is 14.3 Å². The highest BCUT2D eigenvalue weighted by Crippen LogP contribution is 2.33. The van der Waals surface area contributed by atoms with Gasteiger partial charge in [0.1, 0.15) is 15.1 Å². The minimum atomic E-state index is -0.225. The molecule has 3 rings (SSSR count). The number of hydrogen-bond donors (Lipinski definition) is 1. The van der Waals surface area contributed by atoms with Gasteiger partial charge in [0.05, 0.1) is 11.5 Å². The van der Waals surface area contributed by atoms with Crippen LogP contribution in [0.15, 0.2) is 29.2 Å². The molecule has 2 amide bonds. The highest BCUT2D eigenvalue weighted by molar-refractivity contribution is 8.26. The molecule has 1 aliphatic rings. The van der Waals surface area contributed by atoms with E-state index in [1.165, 1.54) is 28.0 Å². The fourth-order valence-electron chi connectivity index (χ4n) is 2.80. The fraction of sp³-hybridized carbons (Fsp3) is 0.381. The molecule has 1 saturated heterocycles. The first-order valence-electron chi connectivity index (χ1n) is 9.96. The molecule has 0 atom stereocenters. The number of rotatable bonds is 9. The van der Waals surface area contributed by atoms with Crippen LogP contribution in [-0.2, 0) is 16.0 Å². The summed E-state index contributed by atoms with van der Waals surface area (Å²) in [4.78, 5) is 27.0. The Labute approximate surface area is 195 Å². The number of anilines is 1. The van der Waals surface area contributed by atoms with Crippen LogP contribution in [0.25, 0.3) is 6.08 Å². The van der Waals surface area contributed by atoms with Gasteiger partial charge < -0.3 is 10.1 Å². The third-order valence-corrected chi connectivity index (χ3v) is 6.46. The molecule has 0 saturated carbocycles. The van der Waals surface area contributed by atoms with Crippen LogP contribution in [0.4, 0.5) is 5.13 Å². The molecule has 7 nitrogen and oxygen atoms in total. The van der Waals surface area contributed by atoms with E-state index >= 15 is 0 Å². The first kappa shape index (κ1) is 23.4. The van der Waals surface area contributed by atoms with Gasteiger partial charge in [0.2, 0.25) is 11.0 Å². The maximum absolute atomic E-state index is 12.7. The Bertz CT molecular complexity index is 986. The highest BCUT2D eigenvalue weighted by Gasteiger charge is 2.32. The predicted molar refractivity (Wildman–Crippen MR) is 129 cm³/mol. The largest absolute Gasteiger partial charge is 0.494 e. The minimum Gasteiger partial charge on any atom is -0.494 e. The quantitative estimate of drug-likeness (QED) is 0.425. The number of hydrogen-bond acceptors (Lipinski definition) is 8. The predicted octanol–water partition coefficient (Wildman–Crippen LogP) is 4.37. The summed E-state index contributed by atoms with van der Waals surface area (Å²) >= 11 is 7.96. The molecule has 0 aliphatic carbocycles. The number of aromatic nitrogens is 2. The summed E-state index contributed by atoms with van der Waals surface area (Å²) < 4.78 is 5.88. The molecule has 1 aromatic heterocycles. The molecule has 1 fully saturated rings. The molecule has 10 heteroatoms. The van der Waals surface area contributed by atoms with Crippen LogP contribution >= 0.6 is 35.3 Å². The van der Waals surface area contributed by atoms with Gasteiger partial charge in [-0.15, -0.1) is 10.2 Å². The van der Waals surface area contributed by atoms with Crippen LogP contribution in [-0.4, -0.2) is 44.4 Å². The van der Waals surface area contributed by atoms with Crippen LogP contribution in [0.1, 0.15) is 37.8 Å². The zero-order valence-electron chi connectivity index (χ0n) is 17.6. The molecule has 0 spiro atoms. The Hall–Kier alpha value is -2.30. The number of thiocarbonyl (C=S) groups is 1. The number of benzene rings is 1. The average molecular weight is 477 g/mol. The van der Waals surface area contributed by atoms with Crippen LogP contribution in [0.3, 0.4) is 0 Å². The summed E-state index contributed by atoms with van der Waals surface area (Å²) in [5, 5.41) is 12.2. The number of carbonyl (C=O) groups excluding carboxylic acids is 2. The van der Waals surface area contributed by atoms with Crippen LogP contribution < -0.4 is 10.1 Å². The molecule has 1 N–H and O–H groups in total. The Kier molecular flexibility index (Phi) is 8.16. The number of thioether (sulfide) groups is 1. The molecular formula is C21H24N4O3S3. The molecule has 164 valence electrons. The van der Waals surface area contributed by atoms with Gasteiger partial charge in [-0.05, 0) is 36.6 Å². The van der Waals surface area contributed by atoms with Crippen molar-refractivity contribution in [1.82, 2.24) is 15.1 Å². The van der Waals surface area contributed by atoms with Crippen LogP contribution in [0, 0.1) is 5.92 Å². The second-order valence-corrected chi connectivity index (χ2v) is 9.97. The van der Waals surface area contributed by atoms with Crippen molar-refractivity contribution in [1.29, 1.82) is 0 Å². The summed E-state index contributed by atoms with van der Waals surface area (Å²) in [6.45, 7) is 6.95. The maximum Gasteiger partial charge on any atom is 0.266 e. The molecule has 2 heterocycles. The zero-order valence-corrected chi connectivity index (χ0v) is 20.0. The second kappa shape index (κ2) is 10.8. The molecule has 0 bridgehead atoms. The number of ether oxygens (including phenoxy) is 1. The zero-order chi connectivity index (χ0) is 22.4. The van der Waals surface area contributed by atoms with Gasteiger partial charge in [-0.3, -0.25) is 14.5 Å². The summed E-state index contributed by atoms with van der Waals surface area (Å²) in [5.41, 5.74) is 0.884. The van der Waals surface area contributed by atoms with Gasteiger partial charge in [0, 0.05) is 19.4 Å². The van der Waals surface area contributed by atoms with E-state index in [4.69, 9.17) is 17.0 Å². The van der Waals surface area contributed by atoms with Crippen molar-refractivity contribution in [3.05, 3.63) is 39.7 Å². The molecule has 2 aromatic rings. The van der Waals surface area contributed by atoms with E-state index in [0.717, 1.165) is 22.7 Å². The van der Waals surface area contributed by atoms with E-state index in [1.54, 1.807) is 6.08 Å². The number of nitrogens with one attached hydrogen (secondary N) is 1. The van der Waals surface area contributed by atoms with Gasteiger partial charge in [0.15, 0.2) is 0 Å². The van der Waals surface area contributed by atoms with Gasteiger partial charge in [-0.2, -0.15) is 0 Å². The lowest BCUT2D eigenvalue weighted by Gasteiger charge is -2.13. The molecule has 31 heavy (non-hydrogen) atoms. The molecule has 1 aliphatic heterocycles. The Morgan fingerprint density at radius 3 is 2.71 bits per heavy atom. The third kappa shape index (κ3) is 6.59. The minimum absolute atomic E-state index is 0.127. The summed E-state index contributed by atoms with van der Waals surface area (Å²) in [5.74, 6) is 0.842. The monoisotopic (exact) mass is 476 g/mol. The molecular weight excluding hydrogens is 452 g/mol. The van der Waals surface area contributed by atoms with E-state index in [0.29, 0.717) is 26.9 Å². The van der Waals surface area contributed by atoms with E-state index in [9.17, 15) is 9.59 Å². The number of carbonyl (C=O) groups is 2. The summed E-state index contributed by atoms with van der Waals surface area (Å²) in [7, 11) is 0. The normalized spacial score (nSPS) is 15.2. The van der Waals surface area contributed by atoms with Crippen molar-refractivity contribution in [3.63, 3.8) is 0 Å². The fourth-order valence-corrected chi connectivity index (χ4v) is 5.08. The maximum atomic E-state index is 12.7. The Balaban J connectivity index is 1.54. The Morgan fingerprint density at radius 1 is 1.29 bits per heavy atom. The summed E-state index contributed by atoms with van der Waals surface area (Å²) in [6.07, 6.45) is 2.75. The van der Waals surface area contributed by atoms with Crippen molar-refractivity contribution in [2.45, 2.75) is 33.6 Å². The number of nitrogens with zero attached hydrogens (tertiary/aromatic N) is 3. The van der Waals surface area contributed by atoms with E-state index in [1.807, 2.05) is 31.2 Å². The molecule has 1 aromatic carbocycles. The van der Waals surface area contributed by atoms with Gasteiger partial charge in [-0.25, -0.2) is 0 Å². The van der Waals surface area contributed by atoms with Gasteiger partial charge in [-0.1, -0.05) is 61.3 Å². The van der Waals surface area contributed by atoms with E-state index in [-0.39, 0.29) is 24.8 Å². The topological polar surface area (TPSA) is 84.4 Å². The standard InChI is InChI=1S/C21H24N4O3S3/c1-4-28-15-7-5-14(6-8-15)12-16-19(27)25(21(29)30-16)10-9-17(26)22-20-24-23-18(31-20)11-13(2)3/h5-8,12-13H,4,9-11H2,1-3H3,(H,22,24,26). The van der Waals surface area contributed by atoms with E-state index < -0.39 is 0 Å². The van der Waals surface area contributed by atoms with Gasteiger partial charge >= 0.3 is 0 Å². The first-order valence-corrected chi connectivity index (χ1v) is 12.0. The molecule has 0 radical (unpaired) electrons. The first-order chi connectivity index (χ1) is 14.9.